The third-order valence-electron chi connectivity index (χ3n) is 5.23. The lowest BCUT2D eigenvalue weighted by molar-refractivity contribution is -0.0664. The number of hydrogen-bond acceptors (Lipinski definition) is 12. The van der Waals surface area contributed by atoms with Crippen LogP contribution in [0.4, 0.5) is 5.82 Å². The van der Waals surface area contributed by atoms with Crippen LogP contribution in [0.15, 0.2) is 18.5 Å². The Labute approximate surface area is 184 Å². The molecular weight excluding hydrogens is 513 g/mol. The summed E-state index contributed by atoms with van der Waals surface area (Å²) < 4.78 is 53.6. The molecule has 7 atom stereocenters. The van der Waals surface area contributed by atoms with Crippen molar-refractivity contribution in [3.8, 4) is 0 Å². The normalized spacial score (nSPS) is 35.5. The summed E-state index contributed by atoms with van der Waals surface area (Å²) in [6, 6.07) is 3.07. The van der Waals surface area contributed by atoms with E-state index in [4.69, 9.17) is 24.8 Å². The van der Waals surface area contributed by atoms with Crippen LogP contribution < -0.4 is 5.73 Å². The van der Waals surface area contributed by atoms with Crippen molar-refractivity contribution >= 4 is 34.8 Å². The molecule has 2 aromatic heterocycles. The number of aromatic nitrogens is 3. The fourth-order valence-electron chi connectivity index (χ4n) is 3.80. The molecule has 1 saturated carbocycles. The number of fused-ring (bicyclic) bond motifs is 1. The lowest BCUT2D eigenvalue weighted by atomic mass is 9.90. The molecule has 2 aromatic rings. The van der Waals surface area contributed by atoms with Gasteiger partial charge in [-0.05, 0) is 19.1 Å². The van der Waals surface area contributed by atoms with Crippen LogP contribution in [0.25, 0.3) is 5.52 Å². The van der Waals surface area contributed by atoms with Gasteiger partial charge < -0.3 is 40.3 Å². The monoisotopic (exact) mass is 532 g/mol. The summed E-state index contributed by atoms with van der Waals surface area (Å²) in [5.74, 6) is 0.140. The fourth-order valence-corrected chi connectivity index (χ4v) is 7.04. The molecule has 3 unspecified atom stereocenters. The number of anilines is 1. The van der Waals surface area contributed by atoms with Gasteiger partial charge in [-0.3, -0.25) is 4.52 Å². The van der Waals surface area contributed by atoms with Crippen molar-refractivity contribution in [1.82, 2.24) is 14.6 Å². The zero-order valence-corrected chi connectivity index (χ0v) is 19.2. The average molecular weight is 532 g/mol. The van der Waals surface area contributed by atoms with Crippen molar-refractivity contribution in [3.63, 3.8) is 0 Å². The van der Waals surface area contributed by atoms with Gasteiger partial charge in [0.25, 0.3) is 0 Å². The molecular formula is C13H19N4O13P3. The first-order valence-electron chi connectivity index (χ1n) is 8.96. The number of nitrogens with two attached hydrogens (primary N) is 1. The van der Waals surface area contributed by atoms with Gasteiger partial charge in [-0.2, -0.15) is 13.7 Å². The predicted molar refractivity (Wildman–Crippen MR) is 104 cm³/mol. The molecule has 1 saturated heterocycles. The van der Waals surface area contributed by atoms with Crippen molar-refractivity contribution in [2.45, 2.75) is 42.9 Å². The highest BCUT2D eigenvalue weighted by Crippen LogP contribution is 2.69. The van der Waals surface area contributed by atoms with E-state index >= 15 is 0 Å². The Balaban J connectivity index is 1.55. The Hall–Kier alpha value is -1.29. The van der Waals surface area contributed by atoms with E-state index in [0.29, 0.717) is 5.52 Å². The second kappa shape index (κ2) is 7.60. The van der Waals surface area contributed by atoms with E-state index in [0.717, 1.165) is 6.33 Å². The number of phosphoric ester groups is 1. The van der Waals surface area contributed by atoms with Crippen molar-refractivity contribution in [1.29, 1.82) is 0 Å². The van der Waals surface area contributed by atoms with Crippen LogP contribution in [0.1, 0.15) is 25.1 Å². The smallest absolute Gasteiger partial charge is 0.387 e. The third kappa shape index (κ3) is 4.54. The molecule has 1 spiro atoms. The summed E-state index contributed by atoms with van der Waals surface area (Å²) in [5, 5.41) is 25.7. The van der Waals surface area contributed by atoms with Gasteiger partial charge in [0.05, 0.1) is 5.69 Å². The predicted octanol–water partition coefficient (Wildman–Crippen LogP) is -0.651. The van der Waals surface area contributed by atoms with Gasteiger partial charge in [0, 0.05) is 6.42 Å². The number of aliphatic hydroxyl groups excluding tert-OH is 1. The lowest BCUT2D eigenvalue weighted by Gasteiger charge is -2.26. The number of nitrogen functional groups attached to an aromatic ring is 1. The molecule has 8 N–H and O–H groups in total. The molecule has 3 heterocycles. The van der Waals surface area contributed by atoms with Crippen molar-refractivity contribution in [3.05, 3.63) is 24.2 Å². The Kier molecular flexibility index (Phi) is 5.72. The first kappa shape index (κ1) is 24.8. The second-order valence-electron chi connectivity index (χ2n) is 7.67. The highest BCUT2D eigenvalue weighted by Gasteiger charge is 2.75. The molecule has 1 aliphatic carbocycles. The zero-order valence-electron chi connectivity index (χ0n) is 16.5. The molecule has 33 heavy (non-hydrogen) atoms. The van der Waals surface area contributed by atoms with Gasteiger partial charge in [0.1, 0.15) is 41.4 Å². The van der Waals surface area contributed by atoms with E-state index in [-0.39, 0.29) is 17.9 Å². The number of aliphatic hydroxyl groups is 2. The minimum atomic E-state index is -5.72. The lowest BCUT2D eigenvalue weighted by Crippen LogP contribution is -2.44. The van der Waals surface area contributed by atoms with E-state index in [1.807, 2.05) is 0 Å². The molecule has 0 radical (unpaired) electrons. The van der Waals surface area contributed by atoms with Crippen LogP contribution >= 0.6 is 23.5 Å². The minimum Gasteiger partial charge on any atom is -0.387 e. The Morgan fingerprint density at radius 3 is 2.48 bits per heavy atom. The second-order valence-corrected chi connectivity index (χ2v) is 12.0. The van der Waals surface area contributed by atoms with Gasteiger partial charge in [-0.15, -0.1) is 0 Å². The van der Waals surface area contributed by atoms with Gasteiger partial charge >= 0.3 is 23.5 Å². The van der Waals surface area contributed by atoms with Gasteiger partial charge in [0.2, 0.25) is 0 Å². The number of phosphoric acid groups is 3. The molecule has 2 fully saturated rings. The summed E-state index contributed by atoms with van der Waals surface area (Å²) >= 11 is 0. The van der Waals surface area contributed by atoms with Crippen LogP contribution in [0.2, 0.25) is 0 Å². The largest absolute Gasteiger partial charge is 0.490 e. The molecule has 0 aromatic carbocycles. The SMILES string of the molecule is C[C@@]1(O)[C@H](O)C2(C[C@H]2OP(=O)(O)OP(=O)(O)OP(=O)(O)O)O[C@H]1c1ccc2c(N)ncnn12. The van der Waals surface area contributed by atoms with Gasteiger partial charge in [0.15, 0.2) is 5.82 Å². The zero-order chi connectivity index (χ0) is 24.6. The molecule has 184 valence electrons. The summed E-state index contributed by atoms with van der Waals surface area (Å²) in [4.78, 5) is 40.0. The van der Waals surface area contributed by atoms with E-state index in [1.165, 1.54) is 17.5 Å². The van der Waals surface area contributed by atoms with E-state index in [9.17, 15) is 33.7 Å². The first-order valence-corrected chi connectivity index (χ1v) is 13.5. The molecule has 2 aliphatic rings. The first-order chi connectivity index (χ1) is 15.0. The molecule has 1 aliphatic heterocycles. The van der Waals surface area contributed by atoms with E-state index < -0.39 is 53.0 Å². The number of rotatable bonds is 7. The summed E-state index contributed by atoms with van der Waals surface area (Å²) in [6.45, 7) is 1.25. The van der Waals surface area contributed by atoms with E-state index in [2.05, 4.69) is 18.7 Å². The molecule has 0 amide bonds. The molecule has 0 bridgehead atoms. The summed E-state index contributed by atoms with van der Waals surface area (Å²) in [5.41, 5.74) is 2.77. The van der Waals surface area contributed by atoms with Gasteiger partial charge in [-0.25, -0.2) is 23.2 Å². The Morgan fingerprint density at radius 1 is 1.18 bits per heavy atom. The van der Waals surface area contributed by atoms with Crippen molar-refractivity contribution in [2.24, 2.45) is 0 Å². The van der Waals surface area contributed by atoms with Crippen LogP contribution in [-0.4, -0.2) is 67.8 Å². The van der Waals surface area contributed by atoms with Crippen LogP contribution in [0.5, 0.6) is 0 Å². The topological polar surface area (TPSA) is 266 Å². The van der Waals surface area contributed by atoms with Crippen LogP contribution in [0.3, 0.4) is 0 Å². The molecule has 4 rings (SSSR count). The average Bonchev–Trinajstić information content (AvgIpc) is 3.02. The van der Waals surface area contributed by atoms with Crippen LogP contribution in [-0.2, 0) is 31.6 Å². The fraction of sp³-hybridized carbons (Fsp3) is 0.538. The molecule has 17 nitrogen and oxygen atoms in total. The van der Waals surface area contributed by atoms with Crippen molar-refractivity contribution < 1.29 is 61.4 Å². The maximum atomic E-state index is 12.1. The highest BCUT2D eigenvalue weighted by atomic mass is 31.3. The summed E-state index contributed by atoms with van der Waals surface area (Å²) in [7, 11) is -16.7. The minimum absolute atomic E-state index is 0.140. The number of nitrogens with zero attached hydrogens (tertiary/aromatic N) is 3. The van der Waals surface area contributed by atoms with E-state index in [1.54, 1.807) is 6.07 Å². The maximum Gasteiger partial charge on any atom is 0.490 e. The quantitative estimate of drug-likeness (QED) is 0.218. The highest BCUT2D eigenvalue weighted by molar-refractivity contribution is 7.66. The number of ether oxygens (including phenoxy) is 1. The number of hydrogen-bond donors (Lipinski definition) is 7. The van der Waals surface area contributed by atoms with Crippen molar-refractivity contribution in [2.75, 3.05) is 5.73 Å². The maximum absolute atomic E-state index is 12.1. The standard InChI is InChI=1S/C13H19N4O13P3/c1-12(19)9(6-2-3-7-10(14)15-5-16-17(6)7)27-13(11(12)18)4-8(13)28-32(23,24)30-33(25,26)29-31(20,21)22/h2-3,5,8-9,11,18-19H,4H2,1H3,(H,23,24)(H,25,26)(H2,14,15,16)(H2,20,21,22)/t8-,9+,11+,12+,13?/m1/s1. The summed E-state index contributed by atoms with van der Waals surface area (Å²) in [6.07, 6.45) is -3.39. The van der Waals surface area contributed by atoms with Gasteiger partial charge in [-0.1, -0.05) is 0 Å². The third-order valence-corrected chi connectivity index (χ3v) is 9.08. The Morgan fingerprint density at radius 2 is 1.85 bits per heavy atom. The molecule has 20 heteroatoms. The Bertz CT molecular complexity index is 1250. The van der Waals surface area contributed by atoms with Crippen LogP contribution in [0, 0.1) is 0 Å².